The number of ether oxygens (including phenoxy) is 4. The van der Waals surface area contributed by atoms with E-state index < -0.39 is 26.5 Å². The molecule has 2 saturated carbocycles. The molecule has 0 unspecified atom stereocenters. The van der Waals surface area contributed by atoms with Gasteiger partial charge in [0.05, 0.1) is 52.5 Å². The van der Waals surface area contributed by atoms with Crippen LogP contribution in [-0.2, 0) is 47.5 Å². The average molecular weight is 738 g/mol. The highest BCUT2D eigenvalue weighted by atomic mass is 35.6. The van der Waals surface area contributed by atoms with Crippen LogP contribution in [0.5, 0.6) is 11.5 Å². The zero-order valence-electron chi connectivity index (χ0n) is 32.4. The molecule has 2 aliphatic rings. The van der Waals surface area contributed by atoms with Crippen molar-refractivity contribution in [1.82, 2.24) is 0 Å². The molecule has 0 heterocycles. The molecule has 0 aromatic heterocycles. The van der Waals surface area contributed by atoms with E-state index in [2.05, 4.69) is 73.8 Å². The van der Waals surface area contributed by atoms with Crippen molar-refractivity contribution in [2.24, 2.45) is 0 Å². The van der Waals surface area contributed by atoms with E-state index in [0.29, 0.717) is 23.0 Å². The molecule has 2 aromatic rings. The summed E-state index contributed by atoms with van der Waals surface area (Å²) in [5.74, 6) is 1.09. The molecule has 11 heteroatoms. The van der Waals surface area contributed by atoms with Gasteiger partial charge in [0.2, 0.25) is 0 Å². The van der Waals surface area contributed by atoms with Crippen LogP contribution in [0, 0.1) is 0 Å². The zero-order chi connectivity index (χ0) is 37.6. The number of benzene rings is 2. The van der Waals surface area contributed by atoms with Gasteiger partial charge in [-0.25, -0.2) is 0 Å². The highest BCUT2D eigenvalue weighted by molar-refractivity contribution is 7.20. The molecule has 2 aliphatic carbocycles. The van der Waals surface area contributed by atoms with Gasteiger partial charge in [0, 0.05) is 11.1 Å². The molecule has 2 aromatic carbocycles. The largest absolute Gasteiger partial charge is 0.496 e. The van der Waals surface area contributed by atoms with Gasteiger partial charge in [-0.15, -0.1) is 0 Å². The lowest BCUT2D eigenvalue weighted by atomic mass is 9.94. The fraction of sp³-hybridized carbons (Fsp3) is 0.632. The van der Waals surface area contributed by atoms with Crippen molar-refractivity contribution in [1.29, 1.82) is 0 Å². The lowest BCUT2D eigenvalue weighted by Gasteiger charge is -2.36. The second-order valence-corrected chi connectivity index (χ2v) is 28.2. The summed E-state index contributed by atoms with van der Waals surface area (Å²) >= 11 is 6.15. The Morgan fingerprint density at radius 1 is 0.714 bits per heavy atom. The summed E-state index contributed by atoms with van der Waals surface area (Å²) in [7, 11) is 2.84. The summed E-state index contributed by atoms with van der Waals surface area (Å²) in [4.78, 5) is 23.9. The number of hydrogen-bond donors (Lipinski definition) is 1. The molecular formula is C38H61ClO8Si2. The van der Waals surface area contributed by atoms with E-state index in [-0.39, 0.29) is 23.6 Å². The third kappa shape index (κ3) is 10.3. The summed E-state index contributed by atoms with van der Waals surface area (Å²) in [6.07, 6.45) is 3.29. The fourth-order valence-electron chi connectivity index (χ4n) is 4.73. The number of halogens is 1. The molecule has 0 atom stereocenters. The summed E-state index contributed by atoms with van der Waals surface area (Å²) in [6.45, 7) is 22.5. The minimum absolute atomic E-state index is 0.103. The molecule has 8 nitrogen and oxygen atoms in total. The summed E-state index contributed by atoms with van der Waals surface area (Å²) in [5, 5.41) is 9.76. The predicted octanol–water partition coefficient (Wildman–Crippen LogP) is 9.04. The van der Waals surface area contributed by atoms with E-state index in [1.165, 1.54) is 14.2 Å². The quantitative estimate of drug-likeness (QED) is 0.147. The van der Waals surface area contributed by atoms with E-state index in [1.54, 1.807) is 20.3 Å². The molecule has 0 amide bonds. The Morgan fingerprint density at radius 3 is 1.37 bits per heavy atom. The van der Waals surface area contributed by atoms with Crippen LogP contribution in [0.15, 0.2) is 36.4 Å². The number of hydrogen-bond acceptors (Lipinski definition) is 8. The van der Waals surface area contributed by atoms with Gasteiger partial charge in [-0.2, -0.15) is 11.1 Å². The van der Waals surface area contributed by atoms with Crippen LogP contribution in [0.25, 0.3) is 0 Å². The van der Waals surface area contributed by atoms with Crippen LogP contribution in [0.3, 0.4) is 0 Å². The maximum absolute atomic E-state index is 12.1. The van der Waals surface area contributed by atoms with Crippen molar-refractivity contribution in [2.75, 3.05) is 28.4 Å². The Hall–Kier alpha value is -2.38. The molecule has 0 radical (unpaired) electrons. The smallest absolute Gasteiger partial charge is 0.316 e. The Morgan fingerprint density at radius 2 is 1.08 bits per heavy atom. The first-order valence-electron chi connectivity index (χ1n) is 17.0. The van der Waals surface area contributed by atoms with E-state index in [9.17, 15) is 14.7 Å². The van der Waals surface area contributed by atoms with Crippen LogP contribution < -0.4 is 9.47 Å². The molecule has 4 rings (SSSR count). The van der Waals surface area contributed by atoms with Crippen molar-refractivity contribution >= 4 is 38.7 Å². The second kappa shape index (κ2) is 16.3. The maximum atomic E-state index is 12.1. The van der Waals surface area contributed by atoms with E-state index >= 15 is 0 Å². The number of aliphatic hydroxyl groups is 1. The van der Waals surface area contributed by atoms with Crippen LogP contribution in [0.4, 0.5) is 0 Å². The molecule has 0 bridgehead atoms. The van der Waals surface area contributed by atoms with Crippen molar-refractivity contribution in [3.63, 3.8) is 0 Å². The molecule has 1 N–H and O–H groups in total. The van der Waals surface area contributed by atoms with Crippen molar-refractivity contribution in [2.45, 2.75) is 128 Å². The van der Waals surface area contributed by atoms with Gasteiger partial charge >= 0.3 is 11.9 Å². The minimum atomic E-state index is -1.85. The lowest BCUT2D eigenvalue weighted by molar-refractivity contribution is -0.144. The molecule has 276 valence electrons. The van der Waals surface area contributed by atoms with Crippen molar-refractivity contribution in [3.8, 4) is 11.5 Å². The van der Waals surface area contributed by atoms with Crippen LogP contribution in [0.2, 0.25) is 36.3 Å². The number of esters is 2. The van der Waals surface area contributed by atoms with E-state index in [1.807, 2.05) is 24.3 Å². The van der Waals surface area contributed by atoms with Gasteiger partial charge in [0.1, 0.15) is 11.5 Å². The number of aliphatic hydroxyl groups excluding tert-OH is 1. The molecule has 0 saturated heterocycles. The standard InChI is InChI=1S/C19H30O4Si.C13H16O4.C6H15ClSi/c1-18(2,3)24(6,7)23-13-14-12-15(8-9-16(14)21-4)19(10-11-19)17(20)22-5;1-16-11-4-3-10(7-9(11)8-14)13(5-6-13)12(15)17-2;1-6(2,3)8(4,5)7/h8-9,12H,10-11,13H2,1-7H3;3-4,7,14H,5-6,8H2,1-2H3;1-5H3. The van der Waals surface area contributed by atoms with Crippen LogP contribution >= 0.6 is 11.1 Å². The predicted molar refractivity (Wildman–Crippen MR) is 203 cm³/mol. The van der Waals surface area contributed by atoms with Crippen LogP contribution in [0.1, 0.15) is 89.5 Å². The van der Waals surface area contributed by atoms with Crippen molar-refractivity contribution < 1.29 is 38.1 Å². The highest BCUT2D eigenvalue weighted by Gasteiger charge is 2.53. The Bertz CT molecular complexity index is 1420. The number of methoxy groups -OCH3 is 4. The number of rotatable bonds is 10. The third-order valence-corrected chi connectivity index (χ3v) is 20.4. The third-order valence-electron chi connectivity index (χ3n) is 10.7. The Labute approximate surface area is 302 Å². The highest BCUT2D eigenvalue weighted by Crippen LogP contribution is 2.51. The van der Waals surface area contributed by atoms with Gasteiger partial charge in [-0.05, 0) is 84.2 Å². The first kappa shape index (κ1) is 42.8. The van der Waals surface area contributed by atoms with E-state index in [0.717, 1.165) is 48.1 Å². The summed E-state index contributed by atoms with van der Waals surface area (Å²) in [6, 6.07) is 11.4. The van der Waals surface area contributed by atoms with Gasteiger partial charge in [-0.3, -0.25) is 9.59 Å². The van der Waals surface area contributed by atoms with Gasteiger partial charge in [0.25, 0.3) is 0 Å². The maximum Gasteiger partial charge on any atom is 0.316 e. The molecule has 0 spiro atoms. The molecule has 49 heavy (non-hydrogen) atoms. The lowest BCUT2D eigenvalue weighted by Crippen LogP contribution is -2.40. The Kier molecular flexibility index (Phi) is 14.2. The van der Waals surface area contributed by atoms with E-state index in [4.69, 9.17) is 34.5 Å². The first-order chi connectivity index (χ1) is 22.5. The van der Waals surface area contributed by atoms with Crippen molar-refractivity contribution in [3.05, 3.63) is 58.7 Å². The SMILES string of the molecule is CC(C)(C)[Si](C)(C)Cl.COC(=O)C1(c2ccc(OC)c(CO)c2)CC1.COC(=O)C1(c2ccc(OC)c(CO[Si](C)(C)C(C)(C)C)c2)CC1. The fourth-order valence-corrected chi connectivity index (χ4v) is 5.67. The molecule has 0 aliphatic heterocycles. The number of carbonyl (C=O) groups is 2. The summed E-state index contributed by atoms with van der Waals surface area (Å²) in [5.41, 5.74) is 2.63. The minimum Gasteiger partial charge on any atom is -0.496 e. The Balaban J connectivity index is 0.000000289. The van der Waals surface area contributed by atoms with Crippen LogP contribution in [-0.4, -0.2) is 61.2 Å². The normalized spacial score (nSPS) is 16.2. The topological polar surface area (TPSA) is 101 Å². The first-order valence-corrected chi connectivity index (χ1v) is 23.9. The number of carbonyl (C=O) groups excluding carboxylic acids is 2. The van der Waals surface area contributed by atoms with Gasteiger partial charge < -0.3 is 28.5 Å². The average Bonchev–Trinajstić information content (AvgIpc) is 3.97. The molecule has 2 fully saturated rings. The second-order valence-electron chi connectivity index (χ2n) is 16.1. The van der Waals surface area contributed by atoms with Gasteiger partial charge in [0.15, 0.2) is 15.7 Å². The summed E-state index contributed by atoms with van der Waals surface area (Å²) < 4.78 is 26.8. The monoisotopic (exact) mass is 736 g/mol. The zero-order valence-corrected chi connectivity index (χ0v) is 35.1. The van der Waals surface area contributed by atoms with Gasteiger partial charge in [-0.1, -0.05) is 66.8 Å². The molecular weight excluding hydrogens is 676 g/mol.